The first-order valence-electron chi connectivity index (χ1n) is 6.44. The van der Waals surface area contributed by atoms with Crippen molar-refractivity contribution >= 4 is 17.3 Å². The van der Waals surface area contributed by atoms with Gasteiger partial charge in [-0.1, -0.05) is 17.5 Å². The van der Waals surface area contributed by atoms with Gasteiger partial charge >= 0.3 is 5.69 Å². The summed E-state index contributed by atoms with van der Waals surface area (Å²) in [5.74, 6) is 1.26. The summed E-state index contributed by atoms with van der Waals surface area (Å²) in [4.78, 5) is 12.1. The topological polar surface area (TPSA) is 88.0 Å². The third-order valence-electron chi connectivity index (χ3n) is 2.85. The molecule has 0 amide bonds. The quantitative estimate of drug-likeness (QED) is 0.628. The Kier molecular flexibility index (Phi) is 5.18. The molecule has 0 saturated heterocycles. The summed E-state index contributed by atoms with van der Waals surface area (Å²) in [7, 11) is 0. The normalized spacial score (nSPS) is 10.5. The predicted molar refractivity (Wildman–Crippen MR) is 79.9 cm³/mol. The van der Waals surface area contributed by atoms with Crippen molar-refractivity contribution < 1.29 is 13.5 Å². The SMILES string of the molecule is C#CCOc1c(Cl)cc(F)c(-n2nnn(CCCF)c2=O)c1N. The van der Waals surface area contributed by atoms with E-state index in [0.717, 1.165) is 10.7 Å². The van der Waals surface area contributed by atoms with E-state index < -0.39 is 18.2 Å². The number of alkyl halides is 1. The molecule has 2 aromatic rings. The number of aromatic nitrogens is 4. The van der Waals surface area contributed by atoms with Gasteiger partial charge in [0.2, 0.25) is 0 Å². The summed E-state index contributed by atoms with van der Waals surface area (Å²) in [6.07, 6.45) is 5.16. The summed E-state index contributed by atoms with van der Waals surface area (Å²) in [5.41, 5.74) is 4.44. The fraction of sp³-hybridized carbons (Fsp3) is 0.308. The number of hydrogen-bond acceptors (Lipinski definition) is 5. The number of halogens is 3. The zero-order chi connectivity index (χ0) is 17.0. The van der Waals surface area contributed by atoms with Crippen LogP contribution in [-0.4, -0.2) is 33.1 Å². The van der Waals surface area contributed by atoms with E-state index in [2.05, 4.69) is 16.3 Å². The van der Waals surface area contributed by atoms with Crippen molar-refractivity contribution in [2.24, 2.45) is 0 Å². The molecule has 0 atom stereocenters. The summed E-state index contributed by atoms with van der Waals surface area (Å²) >= 11 is 5.86. The van der Waals surface area contributed by atoms with Gasteiger partial charge in [0.25, 0.3) is 0 Å². The van der Waals surface area contributed by atoms with Gasteiger partial charge in [0.05, 0.1) is 18.2 Å². The van der Waals surface area contributed by atoms with E-state index in [1.165, 1.54) is 0 Å². The number of nitrogen functional groups attached to an aromatic ring is 1. The van der Waals surface area contributed by atoms with Gasteiger partial charge in [0, 0.05) is 0 Å². The van der Waals surface area contributed by atoms with Gasteiger partial charge in [-0.2, -0.15) is 9.36 Å². The number of hydrogen-bond donors (Lipinski definition) is 1. The van der Waals surface area contributed by atoms with Crippen LogP contribution in [0.25, 0.3) is 5.69 Å². The maximum Gasteiger partial charge on any atom is 0.368 e. The fourth-order valence-corrected chi connectivity index (χ4v) is 2.10. The Labute approximate surface area is 134 Å². The number of anilines is 1. The summed E-state index contributed by atoms with van der Waals surface area (Å²) < 4.78 is 33.1. The third-order valence-corrected chi connectivity index (χ3v) is 3.13. The molecule has 0 fully saturated rings. The van der Waals surface area contributed by atoms with E-state index in [9.17, 15) is 13.6 Å². The van der Waals surface area contributed by atoms with E-state index in [4.69, 9.17) is 28.5 Å². The van der Waals surface area contributed by atoms with Crippen LogP contribution in [0.5, 0.6) is 5.75 Å². The number of terminal acetylenes is 1. The number of benzene rings is 1. The van der Waals surface area contributed by atoms with Crippen LogP contribution in [0.3, 0.4) is 0 Å². The van der Waals surface area contributed by atoms with Crippen LogP contribution in [0.1, 0.15) is 6.42 Å². The van der Waals surface area contributed by atoms with E-state index in [0.29, 0.717) is 4.68 Å². The molecule has 0 radical (unpaired) electrons. The highest BCUT2D eigenvalue weighted by atomic mass is 35.5. The van der Waals surface area contributed by atoms with E-state index >= 15 is 0 Å². The van der Waals surface area contributed by atoms with Crippen LogP contribution in [0.4, 0.5) is 14.5 Å². The van der Waals surface area contributed by atoms with Crippen LogP contribution in [0.15, 0.2) is 10.9 Å². The Morgan fingerprint density at radius 3 is 2.87 bits per heavy atom. The van der Waals surface area contributed by atoms with Crippen molar-refractivity contribution in [2.75, 3.05) is 19.0 Å². The van der Waals surface area contributed by atoms with Gasteiger partial charge in [-0.15, -0.1) is 6.42 Å². The highest BCUT2D eigenvalue weighted by molar-refractivity contribution is 6.32. The van der Waals surface area contributed by atoms with Gasteiger partial charge in [-0.25, -0.2) is 9.18 Å². The monoisotopic (exact) mass is 343 g/mol. The molecule has 0 unspecified atom stereocenters. The summed E-state index contributed by atoms with van der Waals surface area (Å²) in [6.45, 7) is -0.765. The second kappa shape index (κ2) is 7.11. The average Bonchev–Trinajstić information content (AvgIpc) is 2.86. The van der Waals surface area contributed by atoms with Crippen molar-refractivity contribution in [3.05, 3.63) is 27.4 Å². The first-order chi connectivity index (χ1) is 11.0. The minimum Gasteiger partial charge on any atom is -0.477 e. The molecule has 1 aromatic carbocycles. The second-order valence-electron chi connectivity index (χ2n) is 4.36. The first kappa shape index (κ1) is 16.8. The Hall–Kier alpha value is -2.60. The summed E-state index contributed by atoms with van der Waals surface area (Å²) in [5, 5.41) is 7.00. The summed E-state index contributed by atoms with van der Waals surface area (Å²) in [6, 6.07) is 0.923. The molecular weight excluding hydrogens is 332 g/mol. The van der Waals surface area contributed by atoms with Crippen molar-refractivity contribution in [1.82, 2.24) is 19.8 Å². The zero-order valence-electron chi connectivity index (χ0n) is 11.8. The Morgan fingerprint density at radius 1 is 1.48 bits per heavy atom. The molecule has 23 heavy (non-hydrogen) atoms. The molecule has 0 aliphatic carbocycles. The van der Waals surface area contributed by atoms with Gasteiger partial charge in [-0.05, 0) is 22.9 Å². The predicted octanol–water partition coefficient (Wildman–Crippen LogP) is 1.18. The smallest absolute Gasteiger partial charge is 0.368 e. The van der Waals surface area contributed by atoms with E-state index in [1.807, 2.05) is 0 Å². The van der Waals surface area contributed by atoms with Crippen LogP contribution >= 0.6 is 11.6 Å². The first-order valence-corrected chi connectivity index (χ1v) is 6.82. The standard InChI is InChI=1S/C13H12ClF2N5O2/c1-2-6-23-12-8(14)7-9(16)11(10(12)17)21-13(22)20(18-19-21)5-3-4-15/h1,7H,3-6,17H2. The number of rotatable bonds is 6. The van der Waals surface area contributed by atoms with Gasteiger partial charge in [0.15, 0.2) is 11.6 Å². The lowest BCUT2D eigenvalue weighted by Crippen LogP contribution is -2.26. The highest BCUT2D eigenvalue weighted by Gasteiger charge is 2.22. The lowest BCUT2D eigenvalue weighted by molar-refractivity contribution is 0.371. The zero-order valence-corrected chi connectivity index (χ0v) is 12.6. The molecule has 0 aliphatic rings. The number of nitrogens with two attached hydrogens (primary N) is 1. The highest BCUT2D eigenvalue weighted by Crippen LogP contribution is 2.37. The number of tetrazole rings is 1. The molecular formula is C13H12ClF2N5O2. The van der Waals surface area contributed by atoms with Crippen LogP contribution in [0.2, 0.25) is 5.02 Å². The van der Waals surface area contributed by atoms with Gasteiger partial charge < -0.3 is 10.5 Å². The Balaban J connectivity index is 2.54. The molecule has 0 spiro atoms. The molecule has 122 valence electrons. The molecule has 0 bridgehead atoms. The second-order valence-corrected chi connectivity index (χ2v) is 4.77. The molecule has 1 aromatic heterocycles. The lowest BCUT2D eigenvalue weighted by Gasteiger charge is -2.12. The average molecular weight is 344 g/mol. The van der Waals surface area contributed by atoms with Gasteiger partial charge in [0.1, 0.15) is 18.0 Å². The van der Waals surface area contributed by atoms with Crippen molar-refractivity contribution in [1.29, 1.82) is 0 Å². The lowest BCUT2D eigenvalue weighted by atomic mass is 10.2. The maximum absolute atomic E-state index is 14.2. The number of ether oxygens (including phenoxy) is 1. The van der Waals surface area contributed by atoms with E-state index in [-0.39, 0.29) is 41.7 Å². The Bertz CT molecular complexity index is 812. The van der Waals surface area contributed by atoms with Crippen LogP contribution < -0.4 is 16.2 Å². The molecule has 10 heteroatoms. The van der Waals surface area contributed by atoms with Crippen LogP contribution in [-0.2, 0) is 6.54 Å². The molecule has 7 nitrogen and oxygen atoms in total. The third kappa shape index (κ3) is 3.27. The maximum atomic E-state index is 14.2. The number of aryl methyl sites for hydroxylation is 1. The molecule has 2 N–H and O–H groups in total. The minimum atomic E-state index is -0.889. The molecule has 0 aliphatic heterocycles. The van der Waals surface area contributed by atoms with Crippen LogP contribution in [0, 0.1) is 18.2 Å². The molecule has 0 saturated carbocycles. The molecule has 2 rings (SSSR count). The van der Waals surface area contributed by atoms with Crippen molar-refractivity contribution in [3.8, 4) is 23.8 Å². The van der Waals surface area contributed by atoms with Gasteiger partial charge in [-0.3, -0.25) is 4.39 Å². The largest absolute Gasteiger partial charge is 0.477 e. The molecule has 1 heterocycles. The fourth-order valence-electron chi connectivity index (χ4n) is 1.85. The van der Waals surface area contributed by atoms with Crippen molar-refractivity contribution in [3.63, 3.8) is 0 Å². The van der Waals surface area contributed by atoms with Crippen molar-refractivity contribution in [2.45, 2.75) is 13.0 Å². The minimum absolute atomic E-state index is 0.00486. The van der Waals surface area contributed by atoms with E-state index in [1.54, 1.807) is 0 Å². The Morgan fingerprint density at radius 2 is 2.22 bits per heavy atom. The number of nitrogens with zero attached hydrogens (tertiary/aromatic N) is 4.